The maximum atomic E-state index is 11.4. The highest BCUT2D eigenvalue weighted by Crippen LogP contribution is 2.27. The fourth-order valence-corrected chi connectivity index (χ4v) is 1.50. The predicted molar refractivity (Wildman–Crippen MR) is 55.0 cm³/mol. The minimum Gasteiger partial charge on any atom is -0.386 e. The number of hydrogen-bond donors (Lipinski definition) is 1. The van der Waals surface area contributed by atoms with Crippen LogP contribution in [-0.2, 0) is 9.53 Å². The van der Waals surface area contributed by atoms with E-state index in [0.29, 0.717) is 0 Å². The van der Waals surface area contributed by atoms with Gasteiger partial charge in [-0.1, -0.05) is 6.07 Å². The summed E-state index contributed by atoms with van der Waals surface area (Å²) < 4.78 is 4.42. The van der Waals surface area contributed by atoms with Gasteiger partial charge in [0, 0.05) is 0 Å². The number of rotatable bonds is 2. The van der Waals surface area contributed by atoms with Crippen molar-refractivity contribution in [2.24, 2.45) is 0 Å². The number of hydrogen-bond acceptors (Lipinski definition) is 5. The molecule has 0 aliphatic carbocycles. The van der Waals surface area contributed by atoms with Crippen LogP contribution in [0.1, 0.15) is 27.1 Å². The van der Waals surface area contributed by atoms with Crippen molar-refractivity contribution in [2.75, 3.05) is 5.32 Å². The summed E-state index contributed by atoms with van der Waals surface area (Å²) in [6.07, 6.45) is -0.327. The van der Waals surface area contributed by atoms with Crippen molar-refractivity contribution >= 4 is 23.5 Å². The summed E-state index contributed by atoms with van der Waals surface area (Å²) in [4.78, 5) is 33.8. The molecule has 1 heterocycles. The highest BCUT2D eigenvalue weighted by atomic mass is 16.6. The standard InChI is InChI=1S/C11H6N2O4/c12-5-4-8(14)13-7-3-1-2-6-9(7)11(16)17-10(6)15/h1-3H,4H2,(H,13,14). The zero-order valence-corrected chi connectivity index (χ0v) is 8.52. The fraction of sp³-hybridized carbons (Fsp3) is 0.0909. The van der Waals surface area contributed by atoms with Crippen molar-refractivity contribution in [3.8, 4) is 6.07 Å². The molecule has 0 aromatic heterocycles. The first-order chi connectivity index (χ1) is 8.13. The molecule has 2 rings (SSSR count). The molecule has 1 N–H and O–H groups in total. The summed E-state index contributed by atoms with van der Waals surface area (Å²) in [5.74, 6) is -2.08. The third kappa shape index (κ3) is 1.86. The van der Waals surface area contributed by atoms with Crippen LogP contribution in [0.25, 0.3) is 0 Å². The summed E-state index contributed by atoms with van der Waals surface area (Å²) >= 11 is 0. The number of fused-ring (bicyclic) bond motifs is 1. The number of esters is 2. The number of carbonyl (C=O) groups is 3. The number of nitrogens with zero attached hydrogens (tertiary/aromatic N) is 1. The number of nitrogens with one attached hydrogen (secondary N) is 1. The minimum absolute atomic E-state index is 0.0313. The van der Waals surface area contributed by atoms with E-state index in [1.165, 1.54) is 18.2 Å². The van der Waals surface area contributed by atoms with Gasteiger partial charge >= 0.3 is 11.9 Å². The van der Waals surface area contributed by atoms with Crippen LogP contribution >= 0.6 is 0 Å². The molecule has 0 radical (unpaired) electrons. The molecule has 6 heteroatoms. The zero-order chi connectivity index (χ0) is 12.4. The highest BCUT2D eigenvalue weighted by Gasteiger charge is 2.32. The summed E-state index contributed by atoms with van der Waals surface area (Å²) in [5, 5.41) is 10.7. The Morgan fingerprint density at radius 2 is 2.12 bits per heavy atom. The average molecular weight is 230 g/mol. The quantitative estimate of drug-likeness (QED) is 0.600. The predicted octanol–water partition coefficient (Wildman–Crippen LogP) is 0.849. The Hall–Kier alpha value is -2.68. The largest absolute Gasteiger partial charge is 0.386 e. The van der Waals surface area contributed by atoms with Gasteiger partial charge in [0.15, 0.2) is 0 Å². The van der Waals surface area contributed by atoms with E-state index in [0.717, 1.165) is 0 Å². The normalized spacial score (nSPS) is 12.6. The number of carbonyl (C=O) groups excluding carboxylic acids is 3. The van der Waals surface area contributed by atoms with Crippen LogP contribution in [-0.4, -0.2) is 17.8 Å². The molecule has 0 bridgehead atoms. The lowest BCUT2D eigenvalue weighted by atomic mass is 10.1. The van der Waals surface area contributed by atoms with E-state index in [4.69, 9.17) is 5.26 Å². The third-order valence-electron chi connectivity index (χ3n) is 2.19. The second-order valence-electron chi connectivity index (χ2n) is 3.29. The van der Waals surface area contributed by atoms with E-state index in [1.54, 1.807) is 6.07 Å². The van der Waals surface area contributed by atoms with E-state index in [1.807, 2.05) is 0 Å². The third-order valence-corrected chi connectivity index (χ3v) is 2.19. The van der Waals surface area contributed by atoms with E-state index in [2.05, 4.69) is 10.1 Å². The topological polar surface area (TPSA) is 96.3 Å². The molecule has 0 atom stereocenters. The first-order valence-electron chi connectivity index (χ1n) is 4.70. The average Bonchev–Trinajstić information content (AvgIpc) is 2.56. The highest BCUT2D eigenvalue weighted by molar-refractivity contribution is 6.18. The second kappa shape index (κ2) is 4.06. The van der Waals surface area contributed by atoms with Gasteiger partial charge in [-0.3, -0.25) is 4.79 Å². The number of anilines is 1. The SMILES string of the molecule is N#CCC(=O)Nc1cccc2c1C(=O)OC2=O. The van der Waals surface area contributed by atoms with Crippen LogP contribution in [0.15, 0.2) is 18.2 Å². The first kappa shape index (κ1) is 10.8. The van der Waals surface area contributed by atoms with Crippen LogP contribution in [0, 0.1) is 11.3 Å². The molecule has 84 valence electrons. The first-order valence-corrected chi connectivity index (χ1v) is 4.70. The molecular weight excluding hydrogens is 224 g/mol. The van der Waals surface area contributed by atoms with E-state index >= 15 is 0 Å². The summed E-state index contributed by atoms with van der Waals surface area (Å²) in [6, 6.07) is 6.09. The van der Waals surface area contributed by atoms with Crippen molar-refractivity contribution in [1.82, 2.24) is 0 Å². The van der Waals surface area contributed by atoms with Crippen LogP contribution in [0.3, 0.4) is 0 Å². The number of nitriles is 1. The monoisotopic (exact) mass is 230 g/mol. The van der Waals surface area contributed by atoms with Crippen molar-refractivity contribution in [1.29, 1.82) is 5.26 Å². The van der Waals surface area contributed by atoms with Crippen molar-refractivity contribution in [3.63, 3.8) is 0 Å². The molecule has 1 aromatic carbocycles. The molecule has 0 spiro atoms. The van der Waals surface area contributed by atoms with Gasteiger partial charge in [0.05, 0.1) is 22.9 Å². The summed E-state index contributed by atoms with van der Waals surface area (Å²) in [6.45, 7) is 0. The van der Waals surface area contributed by atoms with Crippen molar-refractivity contribution in [3.05, 3.63) is 29.3 Å². The molecule has 0 unspecified atom stereocenters. The summed E-state index contributed by atoms with van der Waals surface area (Å²) in [7, 11) is 0. The van der Waals surface area contributed by atoms with Gasteiger partial charge in [-0.25, -0.2) is 9.59 Å². The molecule has 17 heavy (non-hydrogen) atoms. The lowest BCUT2D eigenvalue weighted by Crippen LogP contribution is -2.13. The fourth-order valence-electron chi connectivity index (χ4n) is 1.50. The molecular formula is C11H6N2O4. The Labute approximate surface area is 95.8 Å². The number of cyclic esters (lactones) is 2. The minimum atomic E-state index is -0.794. The van der Waals surface area contributed by atoms with Gasteiger partial charge in [0.1, 0.15) is 6.42 Å². The molecule has 1 aromatic rings. The molecule has 6 nitrogen and oxygen atoms in total. The smallest absolute Gasteiger partial charge is 0.349 e. The van der Waals surface area contributed by atoms with Gasteiger partial charge in [-0.05, 0) is 12.1 Å². The maximum Gasteiger partial charge on any atom is 0.349 e. The van der Waals surface area contributed by atoms with Crippen LogP contribution in [0.5, 0.6) is 0 Å². The van der Waals surface area contributed by atoms with Crippen LogP contribution in [0.2, 0.25) is 0 Å². The van der Waals surface area contributed by atoms with E-state index in [9.17, 15) is 14.4 Å². The Morgan fingerprint density at radius 1 is 1.35 bits per heavy atom. The zero-order valence-electron chi connectivity index (χ0n) is 8.52. The lowest BCUT2D eigenvalue weighted by Gasteiger charge is -2.05. The Morgan fingerprint density at radius 3 is 2.82 bits per heavy atom. The van der Waals surface area contributed by atoms with Gasteiger partial charge in [0.25, 0.3) is 0 Å². The number of amides is 1. The molecule has 1 amide bonds. The Balaban J connectivity index is 2.38. The molecule has 0 fully saturated rings. The summed E-state index contributed by atoms with van der Waals surface area (Å²) in [5.41, 5.74) is 0.326. The Bertz CT molecular complexity index is 571. The van der Waals surface area contributed by atoms with E-state index < -0.39 is 17.8 Å². The number of benzene rings is 1. The second-order valence-corrected chi connectivity index (χ2v) is 3.29. The van der Waals surface area contributed by atoms with Crippen LogP contribution in [0.4, 0.5) is 5.69 Å². The van der Waals surface area contributed by atoms with Crippen molar-refractivity contribution in [2.45, 2.75) is 6.42 Å². The van der Waals surface area contributed by atoms with Crippen LogP contribution < -0.4 is 5.32 Å². The van der Waals surface area contributed by atoms with E-state index in [-0.39, 0.29) is 23.2 Å². The van der Waals surface area contributed by atoms with Gasteiger partial charge in [-0.15, -0.1) is 0 Å². The number of ether oxygens (including phenoxy) is 1. The lowest BCUT2D eigenvalue weighted by molar-refractivity contribution is -0.115. The molecule has 0 saturated carbocycles. The molecule has 0 saturated heterocycles. The molecule has 1 aliphatic rings. The maximum absolute atomic E-state index is 11.4. The van der Waals surface area contributed by atoms with Crippen molar-refractivity contribution < 1.29 is 19.1 Å². The molecule has 1 aliphatic heterocycles. The van der Waals surface area contributed by atoms with Gasteiger partial charge in [0.2, 0.25) is 5.91 Å². The Kier molecular flexibility index (Phi) is 2.58. The van der Waals surface area contributed by atoms with Gasteiger partial charge < -0.3 is 10.1 Å². The van der Waals surface area contributed by atoms with Gasteiger partial charge in [-0.2, -0.15) is 5.26 Å².